The van der Waals surface area contributed by atoms with Crippen LogP contribution in [0, 0.1) is 6.92 Å². The fourth-order valence-corrected chi connectivity index (χ4v) is 3.16. The number of hydrogen-bond acceptors (Lipinski definition) is 4. The Morgan fingerprint density at radius 3 is 2.62 bits per heavy atom. The summed E-state index contributed by atoms with van der Waals surface area (Å²) in [7, 11) is 0. The van der Waals surface area contributed by atoms with Gasteiger partial charge in [-0.25, -0.2) is 10.1 Å². The van der Waals surface area contributed by atoms with Crippen LogP contribution in [0.5, 0.6) is 5.75 Å². The van der Waals surface area contributed by atoms with E-state index in [1.54, 1.807) is 26.0 Å². The lowest BCUT2D eigenvalue weighted by Gasteiger charge is -2.07. The fourth-order valence-electron chi connectivity index (χ4n) is 2.70. The number of carbonyl (C=O) groups is 1. The Morgan fingerprint density at radius 1 is 1.21 bits per heavy atom. The Hall–Kier alpha value is -3.03. The minimum atomic E-state index is -0.494. The summed E-state index contributed by atoms with van der Waals surface area (Å²) < 4.78 is 6.78. The molecule has 150 valence electrons. The van der Waals surface area contributed by atoms with Crippen molar-refractivity contribution in [3.05, 3.63) is 80.2 Å². The normalized spacial score (nSPS) is 11.4. The van der Waals surface area contributed by atoms with Gasteiger partial charge >= 0.3 is 0 Å². The molecule has 0 radical (unpaired) electrons. The third kappa shape index (κ3) is 4.88. The third-order valence-electron chi connectivity index (χ3n) is 4.05. The highest BCUT2D eigenvalue weighted by molar-refractivity contribution is 6.35. The van der Waals surface area contributed by atoms with Gasteiger partial charge in [-0.15, -0.1) is 0 Å². The van der Waals surface area contributed by atoms with E-state index in [4.69, 9.17) is 27.9 Å². The second-order valence-electron chi connectivity index (χ2n) is 6.18. The number of aromatic amines is 1. The summed E-state index contributed by atoms with van der Waals surface area (Å²) in [5.74, 6) is -0.161. The molecule has 1 aromatic heterocycles. The molecule has 3 aromatic rings. The van der Waals surface area contributed by atoms with Gasteiger partial charge in [0.1, 0.15) is 5.75 Å². The Labute approximate surface area is 176 Å². The Balaban J connectivity index is 1.69. The SMILES string of the molecule is C/C(=N\NC(=O)COc1ccc(Cl)cc1Cl)c1c(C)[nH]n(-c2ccccc2)c1=O. The smallest absolute Gasteiger partial charge is 0.280 e. The number of H-pyrrole nitrogens is 1. The molecule has 0 atom stereocenters. The van der Waals surface area contributed by atoms with Gasteiger partial charge in [-0.1, -0.05) is 41.4 Å². The van der Waals surface area contributed by atoms with Crippen LogP contribution < -0.4 is 15.7 Å². The first-order valence-electron chi connectivity index (χ1n) is 8.65. The second-order valence-corrected chi connectivity index (χ2v) is 7.03. The Morgan fingerprint density at radius 2 is 1.93 bits per heavy atom. The molecule has 3 rings (SSSR count). The van der Waals surface area contributed by atoms with E-state index in [2.05, 4.69) is 15.6 Å². The van der Waals surface area contributed by atoms with Crippen LogP contribution in [0.4, 0.5) is 0 Å². The zero-order chi connectivity index (χ0) is 21.0. The molecule has 0 saturated carbocycles. The highest BCUT2D eigenvalue weighted by Crippen LogP contribution is 2.27. The number of halogens is 2. The van der Waals surface area contributed by atoms with Crippen LogP contribution in [0.1, 0.15) is 18.2 Å². The van der Waals surface area contributed by atoms with Crippen LogP contribution in [0.2, 0.25) is 10.0 Å². The molecule has 0 unspecified atom stereocenters. The van der Waals surface area contributed by atoms with E-state index in [1.165, 1.54) is 10.7 Å². The summed E-state index contributed by atoms with van der Waals surface area (Å²) in [5, 5.41) is 7.81. The van der Waals surface area contributed by atoms with Crippen molar-refractivity contribution in [2.45, 2.75) is 13.8 Å². The van der Waals surface area contributed by atoms with Crippen LogP contribution in [-0.4, -0.2) is 28.0 Å². The van der Waals surface area contributed by atoms with Crippen LogP contribution >= 0.6 is 23.2 Å². The third-order valence-corrected chi connectivity index (χ3v) is 4.58. The summed E-state index contributed by atoms with van der Waals surface area (Å²) in [5.41, 5.74) is 4.22. The number of hydrazone groups is 1. The molecule has 1 amide bonds. The molecule has 2 N–H and O–H groups in total. The van der Waals surface area contributed by atoms with E-state index < -0.39 is 5.91 Å². The number of ether oxygens (including phenoxy) is 1. The number of nitrogens with one attached hydrogen (secondary N) is 2. The number of para-hydroxylation sites is 1. The van der Waals surface area contributed by atoms with Crippen LogP contribution in [-0.2, 0) is 4.79 Å². The van der Waals surface area contributed by atoms with Gasteiger partial charge in [-0.2, -0.15) is 5.10 Å². The van der Waals surface area contributed by atoms with Crippen molar-refractivity contribution < 1.29 is 9.53 Å². The Bertz CT molecular complexity index is 1120. The zero-order valence-corrected chi connectivity index (χ0v) is 17.2. The molecule has 0 aliphatic carbocycles. The van der Waals surface area contributed by atoms with Crippen LogP contribution in [0.15, 0.2) is 58.4 Å². The first-order chi connectivity index (χ1) is 13.9. The average molecular weight is 433 g/mol. The predicted octanol–water partition coefficient (Wildman–Crippen LogP) is 3.70. The lowest BCUT2D eigenvalue weighted by Crippen LogP contribution is -2.27. The lowest BCUT2D eigenvalue weighted by atomic mass is 10.2. The Kier molecular flexibility index (Phi) is 6.41. The van der Waals surface area contributed by atoms with Crippen molar-refractivity contribution in [2.24, 2.45) is 5.10 Å². The molecular formula is C20H18Cl2N4O3. The summed E-state index contributed by atoms with van der Waals surface area (Å²) in [6, 6.07) is 13.9. The number of hydrogen-bond donors (Lipinski definition) is 2. The van der Waals surface area contributed by atoms with Gasteiger partial charge in [-0.05, 0) is 44.2 Å². The molecule has 0 saturated heterocycles. The van der Waals surface area contributed by atoms with E-state index in [0.29, 0.717) is 38.5 Å². The summed E-state index contributed by atoms with van der Waals surface area (Å²) in [6.07, 6.45) is 0. The number of amides is 1. The zero-order valence-electron chi connectivity index (χ0n) is 15.7. The maximum atomic E-state index is 12.7. The summed E-state index contributed by atoms with van der Waals surface area (Å²) >= 11 is 11.8. The van der Waals surface area contributed by atoms with Crippen molar-refractivity contribution in [3.8, 4) is 11.4 Å². The van der Waals surface area contributed by atoms with E-state index in [1.807, 2.05) is 30.3 Å². The molecule has 0 bridgehead atoms. The van der Waals surface area contributed by atoms with Gasteiger partial charge in [0.2, 0.25) is 0 Å². The molecule has 1 heterocycles. The lowest BCUT2D eigenvalue weighted by molar-refractivity contribution is -0.123. The monoisotopic (exact) mass is 432 g/mol. The molecule has 29 heavy (non-hydrogen) atoms. The predicted molar refractivity (Wildman–Crippen MR) is 113 cm³/mol. The number of rotatable bonds is 6. The largest absolute Gasteiger partial charge is 0.482 e. The summed E-state index contributed by atoms with van der Waals surface area (Å²) in [4.78, 5) is 24.8. The molecule has 0 spiro atoms. The maximum absolute atomic E-state index is 12.7. The molecule has 0 aliphatic heterocycles. The molecule has 2 aromatic carbocycles. The summed E-state index contributed by atoms with van der Waals surface area (Å²) in [6.45, 7) is 3.12. The molecule has 0 aliphatic rings. The van der Waals surface area contributed by atoms with Gasteiger partial charge in [0.25, 0.3) is 11.5 Å². The van der Waals surface area contributed by atoms with E-state index >= 15 is 0 Å². The molecule has 7 nitrogen and oxygen atoms in total. The van der Waals surface area contributed by atoms with Crippen molar-refractivity contribution in [1.82, 2.24) is 15.2 Å². The maximum Gasteiger partial charge on any atom is 0.280 e. The molecule has 0 fully saturated rings. The van der Waals surface area contributed by atoms with Crippen molar-refractivity contribution >= 4 is 34.8 Å². The second kappa shape index (κ2) is 8.98. The standard InChI is InChI=1S/C20H18Cl2N4O3/c1-12(19-13(2)25-26(20(19)28)15-6-4-3-5-7-15)23-24-18(27)11-29-17-9-8-14(21)10-16(17)22/h3-10,25H,11H2,1-2H3,(H,24,27)/b23-12+. The topological polar surface area (TPSA) is 88.5 Å². The van der Waals surface area contributed by atoms with Gasteiger partial charge in [0.15, 0.2) is 6.61 Å². The van der Waals surface area contributed by atoms with Crippen molar-refractivity contribution in [3.63, 3.8) is 0 Å². The van der Waals surface area contributed by atoms with E-state index in [-0.39, 0.29) is 12.2 Å². The van der Waals surface area contributed by atoms with Crippen molar-refractivity contribution in [1.29, 1.82) is 0 Å². The van der Waals surface area contributed by atoms with Crippen LogP contribution in [0.3, 0.4) is 0 Å². The number of aromatic nitrogens is 2. The molecular weight excluding hydrogens is 415 g/mol. The number of nitrogens with zero attached hydrogens (tertiary/aromatic N) is 2. The highest BCUT2D eigenvalue weighted by Gasteiger charge is 2.15. The number of carbonyl (C=O) groups excluding carboxylic acids is 1. The number of aryl methyl sites for hydroxylation is 1. The van der Waals surface area contributed by atoms with E-state index in [9.17, 15) is 9.59 Å². The fraction of sp³-hybridized carbons (Fsp3) is 0.150. The van der Waals surface area contributed by atoms with Gasteiger partial charge in [-0.3, -0.25) is 14.7 Å². The minimum absolute atomic E-state index is 0.256. The first kappa shape index (κ1) is 20.7. The van der Waals surface area contributed by atoms with E-state index in [0.717, 1.165) is 0 Å². The minimum Gasteiger partial charge on any atom is -0.482 e. The van der Waals surface area contributed by atoms with Crippen LogP contribution in [0.25, 0.3) is 5.69 Å². The highest BCUT2D eigenvalue weighted by atomic mass is 35.5. The van der Waals surface area contributed by atoms with Crippen molar-refractivity contribution in [2.75, 3.05) is 6.61 Å². The number of benzene rings is 2. The van der Waals surface area contributed by atoms with Gasteiger partial charge in [0.05, 0.1) is 22.0 Å². The quantitative estimate of drug-likeness (QED) is 0.459. The van der Waals surface area contributed by atoms with Gasteiger partial charge in [0, 0.05) is 10.7 Å². The first-order valence-corrected chi connectivity index (χ1v) is 9.41. The van der Waals surface area contributed by atoms with Gasteiger partial charge < -0.3 is 4.74 Å². The molecule has 9 heteroatoms. The average Bonchev–Trinajstić information content (AvgIpc) is 3.00.